The lowest BCUT2D eigenvalue weighted by Gasteiger charge is -2.31. The van der Waals surface area contributed by atoms with Crippen LogP contribution in [0.3, 0.4) is 0 Å². The Kier molecular flexibility index (Phi) is 3.98. The number of thioether (sulfide) groups is 1. The molecule has 106 valence electrons. The lowest BCUT2D eigenvalue weighted by Crippen LogP contribution is -2.49. The minimum absolute atomic E-state index is 0.0616. The van der Waals surface area contributed by atoms with E-state index in [1.807, 2.05) is 4.90 Å². The first-order valence-corrected chi connectivity index (χ1v) is 8.17. The van der Waals surface area contributed by atoms with Crippen LogP contribution in [0.25, 0.3) is 0 Å². The molecule has 2 heterocycles. The molecule has 2 unspecified atom stereocenters. The first-order chi connectivity index (χ1) is 9.24. The van der Waals surface area contributed by atoms with Crippen molar-refractivity contribution in [2.75, 3.05) is 25.4 Å². The standard InChI is InChI=1S/C13H21N3O2S/c17-12(11-8-19-13(18)15-11)16(10-3-4-10)7-9-2-1-5-14-6-9/h9-11,14H,1-8H2,(H,15,18). The summed E-state index contributed by atoms with van der Waals surface area (Å²) in [6.45, 7) is 2.97. The maximum absolute atomic E-state index is 12.5. The zero-order valence-electron chi connectivity index (χ0n) is 11.1. The van der Waals surface area contributed by atoms with Gasteiger partial charge in [0, 0.05) is 18.3 Å². The highest BCUT2D eigenvalue weighted by Gasteiger charge is 2.39. The van der Waals surface area contributed by atoms with Gasteiger partial charge in [-0.1, -0.05) is 11.8 Å². The summed E-state index contributed by atoms with van der Waals surface area (Å²) >= 11 is 1.22. The second-order valence-electron chi connectivity index (χ2n) is 5.73. The lowest BCUT2D eigenvalue weighted by atomic mass is 9.98. The summed E-state index contributed by atoms with van der Waals surface area (Å²) < 4.78 is 0. The van der Waals surface area contributed by atoms with Crippen LogP contribution in [-0.4, -0.2) is 53.5 Å². The van der Waals surface area contributed by atoms with Crippen molar-refractivity contribution in [3.8, 4) is 0 Å². The molecule has 6 heteroatoms. The molecule has 2 N–H and O–H groups in total. The first-order valence-electron chi connectivity index (χ1n) is 7.18. The molecule has 3 aliphatic rings. The topological polar surface area (TPSA) is 61.4 Å². The van der Waals surface area contributed by atoms with E-state index in [1.54, 1.807) is 0 Å². The molecule has 2 saturated heterocycles. The molecule has 3 rings (SSSR count). The monoisotopic (exact) mass is 283 g/mol. The smallest absolute Gasteiger partial charge is 0.279 e. The quantitative estimate of drug-likeness (QED) is 0.801. The summed E-state index contributed by atoms with van der Waals surface area (Å²) in [7, 11) is 0. The van der Waals surface area contributed by atoms with Crippen molar-refractivity contribution in [3.05, 3.63) is 0 Å². The molecular formula is C13H21N3O2S. The van der Waals surface area contributed by atoms with E-state index in [1.165, 1.54) is 24.6 Å². The van der Waals surface area contributed by atoms with E-state index in [0.717, 1.165) is 32.5 Å². The second kappa shape index (κ2) is 5.71. The van der Waals surface area contributed by atoms with E-state index in [0.29, 0.717) is 17.7 Å². The van der Waals surface area contributed by atoms with Crippen LogP contribution in [0.1, 0.15) is 25.7 Å². The van der Waals surface area contributed by atoms with Crippen LogP contribution in [-0.2, 0) is 4.79 Å². The zero-order chi connectivity index (χ0) is 13.2. The Morgan fingerprint density at radius 1 is 1.37 bits per heavy atom. The molecule has 0 bridgehead atoms. The summed E-state index contributed by atoms with van der Waals surface area (Å²) in [4.78, 5) is 25.8. The average Bonchev–Trinajstić information content (AvgIpc) is 3.18. The van der Waals surface area contributed by atoms with E-state index in [2.05, 4.69) is 10.6 Å². The molecule has 2 amide bonds. The van der Waals surface area contributed by atoms with E-state index in [9.17, 15) is 9.59 Å². The molecule has 5 nitrogen and oxygen atoms in total. The maximum Gasteiger partial charge on any atom is 0.279 e. The molecule has 1 saturated carbocycles. The molecule has 3 fully saturated rings. The fourth-order valence-corrected chi connectivity index (χ4v) is 3.65. The van der Waals surface area contributed by atoms with Gasteiger partial charge in [0.05, 0.1) is 0 Å². The zero-order valence-corrected chi connectivity index (χ0v) is 11.9. The molecule has 0 aromatic carbocycles. The van der Waals surface area contributed by atoms with Gasteiger partial charge < -0.3 is 15.5 Å². The molecule has 1 aliphatic carbocycles. The number of piperidine rings is 1. The number of hydrogen-bond donors (Lipinski definition) is 2. The van der Waals surface area contributed by atoms with Gasteiger partial charge in [0.15, 0.2) is 0 Å². The number of hydrogen-bond acceptors (Lipinski definition) is 4. The minimum atomic E-state index is -0.297. The van der Waals surface area contributed by atoms with Gasteiger partial charge in [-0.3, -0.25) is 9.59 Å². The molecule has 2 aliphatic heterocycles. The van der Waals surface area contributed by atoms with Crippen LogP contribution in [0.5, 0.6) is 0 Å². The second-order valence-corrected chi connectivity index (χ2v) is 6.72. The van der Waals surface area contributed by atoms with Crippen LogP contribution in [0.2, 0.25) is 0 Å². The Hall–Kier alpha value is -0.750. The van der Waals surface area contributed by atoms with Crippen molar-refractivity contribution in [2.24, 2.45) is 5.92 Å². The largest absolute Gasteiger partial charge is 0.338 e. The van der Waals surface area contributed by atoms with E-state index in [4.69, 9.17) is 0 Å². The van der Waals surface area contributed by atoms with Crippen LogP contribution < -0.4 is 10.6 Å². The summed E-state index contributed by atoms with van der Waals surface area (Å²) in [5, 5.41) is 6.11. The van der Waals surface area contributed by atoms with Gasteiger partial charge in [-0.05, 0) is 44.7 Å². The molecule has 2 atom stereocenters. The third-order valence-electron chi connectivity index (χ3n) is 4.10. The third kappa shape index (κ3) is 3.23. The summed E-state index contributed by atoms with van der Waals surface area (Å²) in [6.07, 6.45) is 4.65. The normalized spacial score (nSPS) is 31.1. The predicted octanol–water partition coefficient (Wildman–Crippen LogP) is 0.802. The van der Waals surface area contributed by atoms with Crippen molar-refractivity contribution < 1.29 is 9.59 Å². The number of amides is 2. The molecule has 0 radical (unpaired) electrons. The van der Waals surface area contributed by atoms with E-state index >= 15 is 0 Å². The highest BCUT2D eigenvalue weighted by molar-refractivity contribution is 8.14. The van der Waals surface area contributed by atoms with Crippen molar-refractivity contribution >= 4 is 22.9 Å². The molecular weight excluding hydrogens is 262 g/mol. The number of rotatable bonds is 4. The van der Waals surface area contributed by atoms with Crippen molar-refractivity contribution in [1.82, 2.24) is 15.5 Å². The molecule has 0 aromatic rings. The van der Waals surface area contributed by atoms with Gasteiger partial charge in [0.2, 0.25) is 5.91 Å². The minimum Gasteiger partial charge on any atom is -0.338 e. The van der Waals surface area contributed by atoms with Crippen molar-refractivity contribution in [1.29, 1.82) is 0 Å². The van der Waals surface area contributed by atoms with Crippen molar-refractivity contribution in [2.45, 2.75) is 37.8 Å². The van der Waals surface area contributed by atoms with Gasteiger partial charge in [-0.15, -0.1) is 0 Å². The van der Waals surface area contributed by atoms with E-state index in [-0.39, 0.29) is 17.2 Å². The first kappa shape index (κ1) is 13.2. The van der Waals surface area contributed by atoms with Crippen LogP contribution >= 0.6 is 11.8 Å². The van der Waals surface area contributed by atoms with Gasteiger partial charge >= 0.3 is 0 Å². The Morgan fingerprint density at radius 2 is 2.21 bits per heavy atom. The van der Waals surface area contributed by atoms with Crippen LogP contribution in [0, 0.1) is 5.92 Å². The summed E-state index contributed by atoms with van der Waals surface area (Å²) in [6, 6.07) is 0.131. The number of nitrogens with one attached hydrogen (secondary N) is 2. The third-order valence-corrected chi connectivity index (χ3v) is 4.98. The fraction of sp³-hybridized carbons (Fsp3) is 0.846. The highest BCUT2D eigenvalue weighted by Crippen LogP contribution is 2.30. The molecule has 0 aromatic heterocycles. The Morgan fingerprint density at radius 3 is 2.79 bits per heavy atom. The van der Waals surface area contributed by atoms with Gasteiger partial charge in [0.1, 0.15) is 6.04 Å². The SMILES string of the molecule is O=C1NC(C(=O)N(CC2CCCNC2)C2CC2)CS1. The fourth-order valence-electron chi connectivity index (χ4n) is 2.88. The Balaban J connectivity index is 1.60. The Bertz CT molecular complexity index is 367. The highest BCUT2D eigenvalue weighted by atomic mass is 32.2. The van der Waals surface area contributed by atoms with Crippen molar-refractivity contribution in [3.63, 3.8) is 0 Å². The summed E-state index contributed by atoms with van der Waals surface area (Å²) in [5.41, 5.74) is 0. The number of nitrogens with zero attached hydrogens (tertiary/aromatic N) is 1. The average molecular weight is 283 g/mol. The van der Waals surface area contributed by atoms with Gasteiger partial charge in [0.25, 0.3) is 5.24 Å². The van der Waals surface area contributed by atoms with Crippen LogP contribution in [0.15, 0.2) is 0 Å². The number of carbonyl (C=O) groups excluding carboxylic acids is 2. The maximum atomic E-state index is 12.5. The predicted molar refractivity (Wildman–Crippen MR) is 75.1 cm³/mol. The lowest BCUT2D eigenvalue weighted by molar-refractivity contribution is -0.133. The van der Waals surface area contributed by atoms with Crippen LogP contribution in [0.4, 0.5) is 4.79 Å². The number of carbonyl (C=O) groups is 2. The summed E-state index contributed by atoms with van der Waals surface area (Å²) in [5.74, 6) is 1.29. The molecule has 0 spiro atoms. The Labute approximate surface area is 117 Å². The van der Waals surface area contributed by atoms with Gasteiger partial charge in [-0.2, -0.15) is 0 Å². The van der Waals surface area contributed by atoms with Gasteiger partial charge in [-0.25, -0.2) is 0 Å². The van der Waals surface area contributed by atoms with E-state index < -0.39 is 0 Å². The molecule has 19 heavy (non-hydrogen) atoms.